The molecule has 0 aromatic heterocycles. The van der Waals surface area contributed by atoms with Crippen molar-refractivity contribution >= 4 is 6.29 Å². The summed E-state index contributed by atoms with van der Waals surface area (Å²) < 4.78 is 0. The molecule has 0 aromatic carbocycles. The van der Waals surface area contributed by atoms with Crippen molar-refractivity contribution in [3.8, 4) is 0 Å². The Morgan fingerprint density at radius 3 is 1.75 bits per heavy atom. The lowest BCUT2D eigenvalue weighted by molar-refractivity contribution is -0.132. The van der Waals surface area contributed by atoms with E-state index >= 15 is 0 Å². The first-order chi connectivity index (χ1) is 5.00. The molecule has 6 nitrogen and oxygen atoms in total. The standard InChI is InChI=1S/C6H12O5.H2O/c1-3(8)5(10)6(11)4(9)2-7;/h2-6,8-11H,1H3;1H2/t3-,4-,5-,6-;/m1./s1. The molecule has 0 unspecified atom stereocenters. The smallest absolute Gasteiger partial charge is 0.151 e. The van der Waals surface area contributed by atoms with Crippen molar-refractivity contribution < 1.29 is 30.7 Å². The molecule has 0 saturated carbocycles. The first-order valence-corrected chi connectivity index (χ1v) is 3.18. The zero-order valence-corrected chi connectivity index (χ0v) is 6.58. The summed E-state index contributed by atoms with van der Waals surface area (Å²) >= 11 is 0. The number of aldehydes is 1. The minimum Gasteiger partial charge on any atom is -0.412 e. The number of aliphatic hydroxyl groups excluding tert-OH is 4. The van der Waals surface area contributed by atoms with Crippen LogP contribution in [-0.4, -0.2) is 56.6 Å². The van der Waals surface area contributed by atoms with Crippen LogP contribution in [-0.2, 0) is 4.79 Å². The van der Waals surface area contributed by atoms with E-state index in [2.05, 4.69) is 0 Å². The van der Waals surface area contributed by atoms with Gasteiger partial charge < -0.3 is 30.7 Å². The quantitative estimate of drug-likeness (QED) is 0.341. The highest BCUT2D eigenvalue weighted by atomic mass is 16.4. The van der Waals surface area contributed by atoms with E-state index in [1.54, 1.807) is 0 Å². The van der Waals surface area contributed by atoms with Gasteiger partial charge in [-0.2, -0.15) is 0 Å². The Morgan fingerprint density at radius 2 is 1.50 bits per heavy atom. The van der Waals surface area contributed by atoms with Gasteiger partial charge in [0.05, 0.1) is 6.10 Å². The Hall–Kier alpha value is -0.530. The van der Waals surface area contributed by atoms with Gasteiger partial charge in [0.25, 0.3) is 0 Å². The minimum atomic E-state index is -1.65. The zero-order chi connectivity index (χ0) is 9.02. The Labute approximate surface area is 69.4 Å². The summed E-state index contributed by atoms with van der Waals surface area (Å²) in [6.45, 7) is 1.24. The van der Waals surface area contributed by atoms with Gasteiger partial charge in [-0.3, -0.25) is 0 Å². The van der Waals surface area contributed by atoms with E-state index in [4.69, 9.17) is 20.4 Å². The third kappa shape index (κ3) is 3.74. The van der Waals surface area contributed by atoms with Crippen LogP contribution in [0.5, 0.6) is 0 Å². The fourth-order valence-electron chi connectivity index (χ4n) is 0.568. The molecule has 0 spiro atoms. The normalized spacial score (nSPS) is 20.1. The van der Waals surface area contributed by atoms with E-state index in [1.807, 2.05) is 0 Å². The van der Waals surface area contributed by atoms with Gasteiger partial charge in [0, 0.05) is 0 Å². The largest absolute Gasteiger partial charge is 0.412 e. The zero-order valence-electron chi connectivity index (χ0n) is 6.58. The molecular formula is C6H14O6. The molecule has 0 saturated heterocycles. The maximum absolute atomic E-state index is 9.87. The Kier molecular flexibility index (Phi) is 7.05. The molecule has 0 aliphatic rings. The summed E-state index contributed by atoms with van der Waals surface area (Å²) in [5.41, 5.74) is 0. The molecule has 0 aliphatic heterocycles. The monoisotopic (exact) mass is 182 g/mol. The third-order valence-corrected chi connectivity index (χ3v) is 1.33. The maximum atomic E-state index is 9.87. The molecule has 74 valence electrons. The lowest BCUT2D eigenvalue weighted by Gasteiger charge is -2.21. The molecule has 0 aromatic rings. The molecule has 12 heavy (non-hydrogen) atoms. The molecule has 0 fully saturated rings. The van der Waals surface area contributed by atoms with Crippen molar-refractivity contribution in [1.82, 2.24) is 0 Å². The van der Waals surface area contributed by atoms with Crippen LogP contribution in [0.1, 0.15) is 6.92 Å². The summed E-state index contributed by atoms with van der Waals surface area (Å²) in [4.78, 5) is 9.87. The average molecular weight is 182 g/mol. The van der Waals surface area contributed by atoms with Gasteiger partial charge in [-0.15, -0.1) is 0 Å². The second-order valence-corrected chi connectivity index (χ2v) is 2.35. The summed E-state index contributed by atoms with van der Waals surface area (Å²) in [6, 6.07) is 0. The molecule has 4 atom stereocenters. The molecule has 0 radical (unpaired) electrons. The topological polar surface area (TPSA) is 129 Å². The van der Waals surface area contributed by atoms with E-state index in [-0.39, 0.29) is 11.8 Å². The predicted molar refractivity (Wildman–Crippen MR) is 39.4 cm³/mol. The summed E-state index contributed by atoms with van der Waals surface area (Å²) in [5, 5.41) is 35.1. The van der Waals surface area contributed by atoms with E-state index in [0.29, 0.717) is 0 Å². The Balaban J connectivity index is 0. The molecule has 0 bridgehead atoms. The third-order valence-electron chi connectivity index (χ3n) is 1.33. The minimum absolute atomic E-state index is 0. The lowest BCUT2D eigenvalue weighted by Crippen LogP contribution is -2.43. The number of rotatable bonds is 4. The van der Waals surface area contributed by atoms with Gasteiger partial charge in [-0.1, -0.05) is 0 Å². The van der Waals surface area contributed by atoms with Gasteiger partial charge in [0.2, 0.25) is 0 Å². The lowest BCUT2D eigenvalue weighted by atomic mass is 10.1. The second kappa shape index (κ2) is 6.04. The molecule has 6 N–H and O–H groups in total. The van der Waals surface area contributed by atoms with Crippen molar-refractivity contribution in [2.45, 2.75) is 31.3 Å². The van der Waals surface area contributed by atoms with Crippen LogP contribution in [0.15, 0.2) is 0 Å². The van der Waals surface area contributed by atoms with E-state index < -0.39 is 24.4 Å². The maximum Gasteiger partial charge on any atom is 0.151 e. The van der Waals surface area contributed by atoms with Crippen LogP contribution in [0.4, 0.5) is 0 Å². The first-order valence-electron chi connectivity index (χ1n) is 3.18. The van der Waals surface area contributed by atoms with Gasteiger partial charge in [0.1, 0.15) is 18.3 Å². The highest BCUT2D eigenvalue weighted by Crippen LogP contribution is 2.02. The number of carbonyl (C=O) groups excluding carboxylic acids is 1. The molecule has 6 heteroatoms. The fourth-order valence-corrected chi connectivity index (χ4v) is 0.568. The van der Waals surface area contributed by atoms with Crippen molar-refractivity contribution in [1.29, 1.82) is 0 Å². The molecule has 0 rings (SSSR count). The summed E-state index contributed by atoms with van der Waals surface area (Å²) in [5.74, 6) is 0. The first kappa shape index (κ1) is 14.0. The van der Waals surface area contributed by atoms with Gasteiger partial charge in [-0.25, -0.2) is 0 Å². The van der Waals surface area contributed by atoms with E-state index in [0.717, 1.165) is 0 Å². The number of carbonyl (C=O) groups is 1. The summed E-state index contributed by atoms with van der Waals surface area (Å²) in [6.07, 6.45) is -5.88. The van der Waals surface area contributed by atoms with Crippen molar-refractivity contribution in [3.05, 3.63) is 0 Å². The van der Waals surface area contributed by atoms with Crippen LogP contribution in [0.3, 0.4) is 0 Å². The van der Waals surface area contributed by atoms with E-state index in [1.165, 1.54) is 6.92 Å². The number of hydrogen-bond donors (Lipinski definition) is 4. The average Bonchev–Trinajstić information content (AvgIpc) is 2.00. The Morgan fingerprint density at radius 1 is 1.08 bits per heavy atom. The highest BCUT2D eigenvalue weighted by molar-refractivity contribution is 5.56. The van der Waals surface area contributed by atoms with Crippen LogP contribution in [0, 0.1) is 0 Å². The number of hydrogen-bond acceptors (Lipinski definition) is 5. The second-order valence-electron chi connectivity index (χ2n) is 2.35. The van der Waals surface area contributed by atoms with Crippen LogP contribution in [0.2, 0.25) is 0 Å². The molecule has 0 aliphatic carbocycles. The molecule has 0 amide bonds. The van der Waals surface area contributed by atoms with Crippen molar-refractivity contribution in [2.75, 3.05) is 0 Å². The highest BCUT2D eigenvalue weighted by Gasteiger charge is 2.27. The fraction of sp³-hybridized carbons (Fsp3) is 0.833. The van der Waals surface area contributed by atoms with Gasteiger partial charge >= 0.3 is 0 Å². The predicted octanol–water partition coefficient (Wildman–Crippen LogP) is -3.18. The number of aliphatic hydroxyl groups is 4. The van der Waals surface area contributed by atoms with Crippen LogP contribution < -0.4 is 0 Å². The molecule has 0 heterocycles. The SMILES string of the molecule is C[C@@H](O)[C@@H](O)[C@H](O)[C@H](O)C=O.O. The van der Waals surface area contributed by atoms with Crippen LogP contribution in [0.25, 0.3) is 0 Å². The van der Waals surface area contributed by atoms with Gasteiger partial charge in [0.15, 0.2) is 6.29 Å². The molecular weight excluding hydrogens is 168 g/mol. The van der Waals surface area contributed by atoms with E-state index in [9.17, 15) is 4.79 Å². The van der Waals surface area contributed by atoms with Crippen LogP contribution >= 0.6 is 0 Å². The summed E-state index contributed by atoms with van der Waals surface area (Å²) in [7, 11) is 0. The Bertz CT molecular complexity index is 125. The van der Waals surface area contributed by atoms with Crippen molar-refractivity contribution in [2.24, 2.45) is 0 Å². The van der Waals surface area contributed by atoms with Gasteiger partial charge in [-0.05, 0) is 6.92 Å². The van der Waals surface area contributed by atoms with Crippen molar-refractivity contribution in [3.63, 3.8) is 0 Å².